The Labute approximate surface area is 331 Å². The Kier molecular flexibility index (Phi) is 7.06. The highest BCUT2D eigenvalue weighted by atomic mass is 15.2. The van der Waals surface area contributed by atoms with Crippen LogP contribution in [0.2, 0.25) is 0 Å². The van der Waals surface area contributed by atoms with E-state index < -0.39 is 11.0 Å². The Morgan fingerprint density at radius 1 is 0.554 bits per heavy atom. The number of hydrogen-bond acceptors (Lipinski definition) is 1. The van der Waals surface area contributed by atoms with Gasteiger partial charge >= 0.3 is 0 Å². The summed E-state index contributed by atoms with van der Waals surface area (Å²) in [6.45, 7) is 9.90. The molecule has 4 aliphatic rings. The highest BCUT2D eigenvalue weighted by molar-refractivity contribution is 6.11. The average molecular weight is 720 g/mol. The SMILES string of the molecule is CC1C=CC2(C)C3=C1C(C)C(c1ccccc1)=CC3(C)N(c1ccccc1)c1c3c(c4ccccc4c12)C(c1ccccc1)(c1ccccc1)c1ccccc1-3. The molecule has 0 saturated carbocycles. The lowest BCUT2D eigenvalue weighted by Crippen LogP contribution is -2.57. The minimum absolute atomic E-state index is 0.268. The molecule has 56 heavy (non-hydrogen) atoms. The summed E-state index contributed by atoms with van der Waals surface area (Å²) in [5.74, 6) is 0.577. The maximum absolute atomic E-state index is 2.76. The first-order chi connectivity index (χ1) is 27.4. The topological polar surface area (TPSA) is 3.24 Å². The van der Waals surface area contributed by atoms with Crippen LogP contribution in [-0.4, -0.2) is 5.54 Å². The molecule has 1 heteroatoms. The van der Waals surface area contributed by atoms with E-state index in [1.54, 1.807) is 5.57 Å². The Balaban J connectivity index is 1.39. The standard InChI is InChI=1S/C55H45N/c1-36-33-34-53(3)50-43-30-18-17-29-42(43)49-48(44-31-19-20-32-46(44)55(49,39-23-11-6-12-24-39)40-25-13-7-14-26-40)51(50)56(41-27-15-8-16-28-41)54(4)35-45(37(2)47(36)52(53)54)38-21-9-5-10-22-38/h5-37H,1-4H3. The van der Waals surface area contributed by atoms with Gasteiger partial charge in [0.1, 0.15) is 0 Å². The van der Waals surface area contributed by atoms with Gasteiger partial charge in [0.2, 0.25) is 0 Å². The summed E-state index contributed by atoms with van der Waals surface area (Å²) in [6, 6.07) is 63.5. The molecular weight excluding hydrogens is 675 g/mol. The monoisotopic (exact) mass is 719 g/mol. The number of rotatable bonds is 4. The van der Waals surface area contributed by atoms with Crippen molar-refractivity contribution in [2.45, 2.75) is 44.1 Å². The molecule has 4 atom stereocenters. The van der Waals surface area contributed by atoms with E-state index in [4.69, 9.17) is 0 Å². The van der Waals surface area contributed by atoms with Crippen molar-refractivity contribution < 1.29 is 0 Å². The number of allylic oxidation sites excluding steroid dienone is 4. The third-order valence-corrected chi connectivity index (χ3v) is 13.8. The maximum atomic E-state index is 2.76. The molecule has 0 spiro atoms. The second-order valence-electron chi connectivity index (χ2n) is 16.7. The molecule has 0 fully saturated rings. The van der Waals surface area contributed by atoms with Crippen LogP contribution in [0.4, 0.5) is 11.4 Å². The zero-order valence-corrected chi connectivity index (χ0v) is 32.5. The molecule has 0 bridgehead atoms. The summed E-state index contributed by atoms with van der Waals surface area (Å²) in [6.07, 6.45) is 7.74. The second kappa shape index (κ2) is 11.9. The Bertz CT molecular complexity index is 2750. The van der Waals surface area contributed by atoms with Crippen LogP contribution in [0.15, 0.2) is 199 Å². The summed E-state index contributed by atoms with van der Waals surface area (Å²) in [4.78, 5) is 2.76. The number of anilines is 2. The van der Waals surface area contributed by atoms with E-state index in [-0.39, 0.29) is 11.3 Å². The van der Waals surface area contributed by atoms with Gasteiger partial charge in [-0.15, -0.1) is 0 Å². The van der Waals surface area contributed by atoms with Crippen LogP contribution < -0.4 is 4.90 Å². The van der Waals surface area contributed by atoms with Crippen LogP contribution in [0.3, 0.4) is 0 Å². The van der Waals surface area contributed by atoms with Crippen molar-refractivity contribution in [1.29, 1.82) is 0 Å². The van der Waals surface area contributed by atoms with Gasteiger partial charge in [0.25, 0.3) is 0 Å². The van der Waals surface area contributed by atoms with Crippen molar-refractivity contribution in [1.82, 2.24) is 0 Å². The van der Waals surface area contributed by atoms with Crippen LogP contribution in [0, 0.1) is 11.8 Å². The number of benzene rings is 7. The summed E-state index contributed by atoms with van der Waals surface area (Å²) < 4.78 is 0. The molecule has 3 aliphatic carbocycles. The summed E-state index contributed by atoms with van der Waals surface area (Å²) in [5.41, 5.74) is 16.3. The number of hydrogen-bond donors (Lipinski definition) is 0. The van der Waals surface area contributed by atoms with E-state index >= 15 is 0 Å². The molecule has 7 aromatic carbocycles. The van der Waals surface area contributed by atoms with Crippen molar-refractivity contribution in [3.05, 3.63) is 233 Å². The lowest BCUT2D eigenvalue weighted by Gasteiger charge is -2.59. The molecule has 0 radical (unpaired) electrons. The molecule has 7 aromatic rings. The van der Waals surface area contributed by atoms with Crippen molar-refractivity contribution in [3.63, 3.8) is 0 Å². The second-order valence-corrected chi connectivity index (χ2v) is 16.7. The number of fused-ring (bicyclic) bond motifs is 9. The minimum atomic E-state index is -0.544. The molecule has 1 nitrogen and oxygen atoms in total. The van der Waals surface area contributed by atoms with E-state index in [0.29, 0.717) is 5.92 Å². The van der Waals surface area contributed by atoms with Crippen molar-refractivity contribution >= 4 is 27.7 Å². The fourth-order valence-electron chi connectivity index (χ4n) is 11.8. The predicted molar refractivity (Wildman–Crippen MR) is 235 cm³/mol. The van der Waals surface area contributed by atoms with Crippen LogP contribution >= 0.6 is 0 Å². The van der Waals surface area contributed by atoms with Crippen LogP contribution in [0.1, 0.15) is 61.1 Å². The fraction of sp³-hybridized carbons (Fsp3) is 0.164. The van der Waals surface area contributed by atoms with Crippen molar-refractivity contribution in [2.75, 3.05) is 4.90 Å². The molecule has 0 amide bonds. The van der Waals surface area contributed by atoms with Gasteiger partial charge in [-0.25, -0.2) is 0 Å². The molecule has 0 aromatic heterocycles. The summed E-state index contributed by atoms with van der Waals surface area (Å²) in [5, 5.41) is 2.65. The highest BCUT2D eigenvalue weighted by Gasteiger charge is 2.59. The first kappa shape index (κ1) is 33.2. The van der Waals surface area contributed by atoms with Gasteiger partial charge in [-0.1, -0.05) is 195 Å². The van der Waals surface area contributed by atoms with E-state index in [1.807, 2.05) is 0 Å². The van der Waals surface area contributed by atoms with Crippen LogP contribution in [0.25, 0.3) is 27.5 Å². The molecule has 11 rings (SSSR count). The zero-order valence-electron chi connectivity index (χ0n) is 32.5. The van der Waals surface area contributed by atoms with Crippen LogP contribution in [-0.2, 0) is 10.8 Å². The quantitative estimate of drug-likeness (QED) is 0.164. The Morgan fingerprint density at radius 3 is 1.73 bits per heavy atom. The Morgan fingerprint density at radius 2 is 1.09 bits per heavy atom. The van der Waals surface area contributed by atoms with Crippen molar-refractivity contribution in [3.8, 4) is 11.1 Å². The van der Waals surface area contributed by atoms with E-state index in [0.717, 1.165) is 0 Å². The molecule has 1 aliphatic heterocycles. The molecule has 4 unspecified atom stereocenters. The van der Waals surface area contributed by atoms with Crippen LogP contribution in [0.5, 0.6) is 0 Å². The lowest BCUT2D eigenvalue weighted by molar-refractivity contribution is 0.466. The Hall–Kier alpha value is -6.18. The largest absolute Gasteiger partial charge is 0.327 e. The van der Waals surface area contributed by atoms with E-state index in [9.17, 15) is 0 Å². The zero-order chi connectivity index (χ0) is 37.8. The maximum Gasteiger partial charge on any atom is 0.0839 e. The third kappa shape index (κ3) is 4.16. The predicted octanol–water partition coefficient (Wildman–Crippen LogP) is 13.6. The van der Waals surface area contributed by atoms with Gasteiger partial charge in [-0.05, 0) is 92.8 Å². The van der Waals surface area contributed by atoms with E-state index in [1.165, 1.54) is 77.8 Å². The molecular formula is C55H45N. The molecule has 0 saturated heterocycles. The first-order valence-corrected chi connectivity index (χ1v) is 20.3. The first-order valence-electron chi connectivity index (χ1n) is 20.3. The van der Waals surface area contributed by atoms with Crippen molar-refractivity contribution in [2.24, 2.45) is 11.8 Å². The highest BCUT2D eigenvalue weighted by Crippen LogP contribution is 2.69. The summed E-state index contributed by atoms with van der Waals surface area (Å²) in [7, 11) is 0. The normalized spacial score (nSPS) is 23.9. The molecule has 0 N–H and O–H groups in total. The third-order valence-electron chi connectivity index (χ3n) is 13.8. The van der Waals surface area contributed by atoms with Gasteiger partial charge in [0.05, 0.1) is 16.6 Å². The van der Waals surface area contributed by atoms with Gasteiger partial charge in [0, 0.05) is 22.6 Å². The van der Waals surface area contributed by atoms with Gasteiger partial charge in [-0.3, -0.25) is 0 Å². The molecule has 1 heterocycles. The minimum Gasteiger partial charge on any atom is -0.327 e. The number of para-hydroxylation sites is 1. The molecule has 270 valence electrons. The summed E-state index contributed by atoms with van der Waals surface area (Å²) >= 11 is 0. The average Bonchev–Trinajstić information content (AvgIpc) is 3.56. The van der Waals surface area contributed by atoms with E-state index in [2.05, 4.69) is 221 Å². The fourth-order valence-corrected chi connectivity index (χ4v) is 11.8. The van der Waals surface area contributed by atoms with Gasteiger partial charge in [-0.2, -0.15) is 0 Å². The smallest absolute Gasteiger partial charge is 0.0839 e. The van der Waals surface area contributed by atoms with Gasteiger partial charge in [0.15, 0.2) is 0 Å². The number of nitrogens with zero attached hydrogens (tertiary/aromatic N) is 1. The lowest BCUT2D eigenvalue weighted by atomic mass is 9.53. The van der Waals surface area contributed by atoms with Gasteiger partial charge < -0.3 is 4.90 Å².